The molecule has 2 aliphatic rings. The lowest BCUT2D eigenvalue weighted by Gasteiger charge is -2.41. The minimum Gasteiger partial charge on any atom is -0.348 e. The number of likely N-dealkylation sites (tertiary alicyclic amines) is 1. The van der Waals surface area contributed by atoms with Gasteiger partial charge >= 0.3 is 0 Å². The third kappa shape index (κ3) is 3.67. The standard InChI is InChI=1S/C21H27N5O2/c1-15(25-18(27)13-16-5-3-2-4-6-16)20(28)26-11-8-21(9-12-26)19-17(7-10-24-21)22-14-23-19/h2-6,14-15,24H,7-13H2,1H3,(H,22,23)(H,25,27)/p+1/t15-/m0/s1. The zero-order valence-electron chi connectivity index (χ0n) is 16.3. The maximum atomic E-state index is 12.8. The number of rotatable bonds is 4. The Bertz CT molecular complexity index is 839. The number of fused-ring (bicyclic) bond motifs is 2. The van der Waals surface area contributed by atoms with Gasteiger partial charge in [0.05, 0.1) is 19.3 Å². The Morgan fingerprint density at radius 1 is 1.29 bits per heavy atom. The number of benzene rings is 1. The van der Waals surface area contributed by atoms with Gasteiger partial charge in [0, 0.05) is 38.0 Å². The number of piperidine rings is 1. The highest BCUT2D eigenvalue weighted by molar-refractivity contribution is 5.88. The van der Waals surface area contributed by atoms with Gasteiger partial charge in [0.1, 0.15) is 17.3 Å². The van der Waals surface area contributed by atoms with Crippen LogP contribution in [0.15, 0.2) is 36.7 Å². The first-order valence-corrected chi connectivity index (χ1v) is 10.1. The molecular weight excluding hydrogens is 354 g/mol. The van der Waals surface area contributed by atoms with Gasteiger partial charge in [0.15, 0.2) is 0 Å². The first-order valence-electron chi connectivity index (χ1n) is 10.1. The fraction of sp³-hybridized carbons (Fsp3) is 0.476. The molecule has 1 aromatic heterocycles. The van der Waals surface area contributed by atoms with E-state index < -0.39 is 6.04 Å². The average molecular weight is 382 g/mol. The SMILES string of the molecule is C[C@H](NC(=O)Cc1ccccc1)C(=O)N1CCC2(CC1)[NH2+]CCc1[nH]cnc12. The van der Waals surface area contributed by atoms with Gasteiger partial charge in [-0.25, -0.2) is 4.98 Å². The summed E-state index contributed by atoms with van der Waals surface area (Å²) < 4.78 is 0. The maximum Gasteiger partial charge on any atom is 0.244 e. The van der Waals surface area contributed by atoms with Crippen LogP contribution in [0, 0.1) is 0 Å². The van der Waals surface area contributed by atoms with Crippen LogP contribution in [0.3, 0.4) is 0 Å². The van der Waals surface area contributed by atoms with Gasteiger partial charge in [-0.05, 0) is 12.5 Å². The smallest absolute Gasteiger partial charge is 0.244 e. The van der Waals surface area contributed by atoms with Crippen LogP contribution >= 0.6 is 0 Å². The van der Waals surface area contributed by atoms with Crippen molar-refractivity contribution in [2.45, 2.75) is 44.2 Å². The van der Waals surface area contributed by atoms with E-state index in [4.69, 9.17) is 0 Å². The number of carbonyl (C=O) groups is 2. The molecule has 2 aliphatic heterocycles. The molecule has 0 saturated carbocycles. The summed E-state index contributed by atoms with van der Waals surface area (Å²) >= 11 is 0. The molecule has 0 bridgehead atoms. The topological polar surface area (TPSA) is 94.7 Å². The number of amides is 2. The van der Waals surface area contributed by atoms with Crippen molar-refractivity contribution in [3.8, 4) is 0 Å². The van der Waals surface area contributed by atoms with E-state index in [0.717, 1.165) is 37.1 Å². The Kier molecular flexibility index (Phi) is 5.17. The van der Waals surface area contributed by atoms with Gasteiger partial charge in [0.2, 0.25) is 11.8 Å². The van der Waals surface area contributed by atoms with Crippen molar-refractivity contribution in [1.29, 1.82) is 0 Å². The van der Waals surface area contributed by atoms with Crippen LogP contribution < -0.4 is 10.6 Å². The first kappa shape index (κ1) is 18.7. The monoisotopic (exact) mass is 382 g/mol. The Morgan fingerprint density at radius 2 is 2.04 bits per heavy atom. The molecule has 1 saturated heterocycles. The molecule has 0 aliphatic carbocycles. The molecular formula is C21H28N5O2+. The van der Waals surface area contributed by atoms with Gasteiger partial charge in [-0.1, -0.05) is 30.3 Å². The summed E-state index contributed by atoms with van der Waals surface area (Å²) in [6, 6.07) is 9.07. The molecule has 2 amide bonds. The molecule has 148 valence electrons. The van der Waals surface area contributed by atoms with Crippen LogP contribution in [0.2, 0.25) is 0 Å². The molecule has 0 unspecified atom stereocenters. The van der Waals surface area contributed by atoms with Gasteiger partial charge < -0.3 is 20.5 Å². The number of nitrogens with two attached hydrogens (primary N) is 1. The first-order chi connectivity index (χ1) is 13.6. The molecule has 4 rings (SSSR count). The number of H-pyrrole nitrogens is 1. The number of aromatic nitrogens is 2. The molecule has 0 radical (unpaired) electrons. The second-order valence-corrected chi connectivity index (χ2v) is 7.91. The highest BCUT2D eigenvalue weighted by Gasteiger charge is 2.46. The Balaban J connectivity index is 1.32. The summed E-state index contributed by atoms with van der Waals surface area (Å²) in [7, 11) is 0. The Labute approximate surface area is 164 Å². The maximum absolute atomic E-state index is 12.8. The van der Waals surface area contributed by atoms with Crippen molar-refractivity contribution in [2.75, 3.05) is 19.6 Å². The van der Waals surface area contributed by atoms with Crippen molar-refractivity contribution in [3.05, 3.63) is 53.6 Å². The predicted octanol–water partition coefficient (Wildman–Crippen LogP) is 0.0943. The highest BCUT2D eigenvalue weighted by atomic mass is 16.2. The zero-order chi connectivity index (χ0) is 19.6. The summed E-state index contributed by atoms with van der Waals surface area (Å²) in [5, 5.41) is 5.24. The predicted molar refractivity (Wildman–Crippen MR) is 104 cm³/mol. The van der Waals surface area contributed by atoms with Gasteiger partial charge in [-0.15, -0.1) is 0 Å². The molecule has 1 spiro atoms. The molecule has 7 heteroatoms. The zero-order valence-corrected chi connectivity index (χ0v) is 16.3. The summed E-state index contributed by atoms with van der Waals surface area (Å²) in [5.74, 6) is -0.128. The van der Waals surface area contributed by atoms with Crippen LogP contribution in [0.4, 0.5) is 0 Å². The van der Waals surface area contributed by atoms with E-state index in [2.05, 4.69) is 20.6 Å². The van der Waals surface area contributed by atoms with Crippen LogP contribution in [0.25, 0.3) is 0 Å². The van der Waals surface area contributed by atoms with E-state index >= 15 is 0 Å². The quantitative estimate of drug-likeness (QED) is 0.700. The second kappa shape index (κ2) is 7.75. The Morgan fingerprint density at radius 3 is 2.79 bits per heavy atom. The molecule has 7 nitrogen and oxygen atoms in total. The minimum absolute atomic E-state index is 0.00526. The molecule has 1 atom stereocenters. The van der Waals surface area contributed by atoms with Crippen molar-refractivity contribution in [1.82, 2.24) is 20.2 Å². The molecule has 28 heavy (non-hydrogen) atoms. The molecule has 1 aromatic carbocycles. The van der Waals surface area contributed by atoms with E-state index in [0.29, 0.717) is 19.5 Å². The average Bonchev–Trinajstić information content (AvgIpc) is 3.19. The van der Waals surface area contributed by atoms with E-state index in [1.54, 1.807) is 13.3 Å². The van der Waals surface area contributed by atoms with Crippen molar-refractivity contribution < 1.29 is 14.9 Å². The summed E-state index contributed by atoms with van der Waals surface area (Å²) in [5.41, 5.74) is 3.34. The fourth-order valence-electron chi connectivity index (χ4n) is 4.51. The molecule has 3 heterocycles. The van der Waals surface area contributed by atoms with Crippen molar-refractivity contribution in [3.63, 3.8) is 0 Å². The fourth-order valence-corrected chi connectivity index (χ4v) is 4.51. The molecule has 2 aromatic rings. The van der Waals surface area contributed by atoms with Gasteiger partial charge in [-0.2, -0.15) is 0 Å². The lowest BCUT2D eigenvalue weighted by Crippen LogP contribution is -2.97. The Hall–Kier alpha value is -2.67. The number of aromatic amines is 1. The number of quaternary nitrogens is 1. The lowest BCUT2D eigenvalue weighted by molar-refractivity contribution is -0.743. The summed E-state index contributed by atoms with van der Waals surface area (Å²) in [6.45, 7) is 4.21. The number of hydrogen-bond acceptors (Lipinski definition) is 3. The van der Waals surface area contributed by atoms with Crippen LogP contribution in [0.5, 0.6) is 0 Å². The molecule has 1 fully saturated rings. The third-order valence-corrected chi connectivity index (χ3v) is 6.04. The number of carbonyl (C=O) groups excluding carboxylic acids is 2. The number of imidazole rings is 1. The third-order valence-electron chi connectivity index (χ3n) is 6.04. The highest BCUT2D eigenvalue weighted by Crippen LogP contribution is 2.31. The van der Waals surface area contributed by atoms with Crippen molar-refractivity contribution >= 4 is 11.8 Å². The minimum atomic E-state index is -0.512. The lowest BCUT2D eigenvalue weighted by atomic mass is 9.80. The van der Waals surface area contributed by atoms with Crippen LogP contribution in [-0.4, -0.2) is 52.4 Å². The van der Waals surface area contributed by atoms with Crippen LogP contribution in [-0.2, 0) is 28.0 Å². The largest absolute Gasteiger partial charge is 0.348 e. The van der Waals surface area contributed by atoms with E-state index in [-0.39, 0.29) is 17.4 Å². The molecule has 4 N–H and O–H groups in total. The second-order valence-electron chi connectivity index (χ2n) is 7.91. The van der Waals surface area contributed by atoms with Gasteiger partial charge in [0.25, 0.3) is 0 Å². The number of nitrogens with one attached hydrogen (secondary N) is 2. The summed E-state index contributed by atoms with van der Waals surface area (Å²) in [4.78, 5) is 34.8. The van der Waals surface area contributed by atoms with E-state index in [1.165, 1.54) is 5.69 Å². The number of nitrogens with zero attached hydrogens (tertiary/aromatic N) is 2. The van der Waals surface area contributed by atoms with Crippen LogP contribution in [0.1, 0.15) is 36.7 Å². The van der Waals surface area contributed by atoms with Gasteiger partial charge in [-0.3, -0.25) is 9.59 Å². The summed E-state index contributed by atoms with van der Waals surface area (Å²) in [6.07, 6.45) is 4.87. The van der Waals surface area contributed by atoms with Crippen molar-refractivity contribution in [2.24, 2.45) is 0 Å². The van der Waals surface area contributed by atoms with E-state index in [1.807, 2.05) is 35.2 Å². The number of hydrogen-bond donors (Lipinski definition) is 3. The normalized spacial score (nSPS) is 19.1. The van der Waals surface area contributed by atoms with E-state index in [9.17, 15) is 9.59 Å².